The molecule has 24 heavy (non-hydrogen) atoms. The first kappa shape index (κ1) is 16.4. The molecule has 0 N–H and O–H groups in total. The molecule has 4 rings (SSSR count). The van der Waals surface area contributed by atoms with Gasteiger partial charge in [-0.25, -0.2) is 0 Å². The minimum Gasteiger partial charge on any atom is -0.290 e. The number of carbonyl (C=O) groups is 1. The Kier molecular flexibility index (Phi) is 3.38. The summed E-state index contributed by atoms with van der Waals surface area (Å²) in [5, 5.41) is 0. The van der Waals surface area contributed by atoms with Crippen LogP contribution in [-0.4, -0.2) is 5.78 Å². The molecule has 0 spiro atoms. The Balaban J connectivity index is 1.71. The molecule has 0 saturated heterocycles. The third kappa shape index (κ3) is 1.85. The fourth-order valence-electron chi connectivity index (χ4n) is 7.17. The van der Waals surface area contributed by atoms with Crippen LogP contribution in [0.4, 0.5) is 0 Å². The van der Waals surface area contributed by atoms with Gasteiger partial charge in [-0.05, 0) is 86.2 Å². The minimum absolute atomic E-state index is 0.125. The van der Waals surface area contributed by atoms with Gasteiger partial charge in [-0.15, -0.1) is 0 Å². The second-order valence-electron chi connectivity index (χ2n) is 9.71. The van der Waals surface area contributed by atoms with Crippen molar-refractivity contribution in [2.24, 2.45) is 34.0 Å². The van der Waals surface area contributed by atoms with Crippen LogP contribution < -0.4 is 0 Å². The summed E-state index contributed by atoms with van der Waals surface area (Å²) < 4.78 is 0. The molecule has 4 aliphatic carbocycles. The molecule has 1 heteroatoms. The van der Waals surface area contributed by atoms with Crippen molar-refractivity contribution in [3.05, 3.63) is 36.0 Å². The maximum atomic E-state index is 11.8. The Morgan fingerprint density at radius 3 is 2.54 bits per heavy atom. The summed E-state index contributed by atoms with van der Waals surface area (Å²) in [6.45, 7) is 14.1. The lowest BCUT2D eigenvalue weighted by atomic mass is 9.45. The van der Waals surface area contributed by atoms with Gasteiger partial charge in [0.2, 0.25) is 0 Å². The second-order valence-corrected chi connectivity index (χ2v) is 9.71. The molecule has 0 aliphatic heterocycles. The van der Waals surface area contributed by atoms with Crippen LogP contribution in [0.5, 0.6) is 0 Å². The van der Waals surface area contributed by atoms with Crippen molar-refractivity contribution in [1.82, 2.24) is 0 Å². The van der Waals surface area contributed by atoms with Crippen molar-refractivity contribution < 1.29 is 4.79 Å². The highest BCUT2D eigenvalue weighted by atomic mass is 16.1. The lowest BCUT2D eigenvalue weighted by molar-refractivity contribution is -0.111. The van der Waals surface area contributed by atoms with Crippen molar-refractivity contribution in [2.45, 2.75) is 66.2 Å². The maximum absolute atomic E-state index is 11.8. The molecular weight excluding hydrogens is 292 g/mol. The van der Waals surface area contributed by atoms with Gasteiger partial charge in [-0.1, -0.05) is 44.6 Å². The van der Waals surface area contributed by atoms with E-state index in [0.29, 0.717) is 16.7 Å². The van der Waals surface area contributed by atoms with Gasteiger partial charge < -0.3 is 0 Å². The van der Waals surface area contributed by atoms with Gasteiger partial charge in [0, 0.05) is 5.41 Å². The largest absolute Gasteiger partial charge is 0.290 e. The van der Waals surface area contributed by atoms with Gasteiger partial charge >= 0.3 is 0 Å². The molecule has 130 valence electrons. The lowest BCUT2D eigenvalue weighted by Crippen LogP contribution is -2.51. The highest BCUT2D eigenvalue weighted by molar-refractivity contribution is 6.01. The van der Waals surface area contributed by atoms with Gasteiger partial charge in [-0.2, -0.15) is 0 Å². The molecule has 0 bridgehead atoms. The van der Waals surface area contributed by atoms with E-state index in [9.17, 15) is 4.79 Å². The van der Waals surface area contributed by atoms with Gasteiger partial charge in [0.25, 0.3) is 0 Å². The van der Waals surface area contributed by atoms with Crippen molar-refractivity contribution >= 4 is 5.78 Å². The molecule has 0 amide bonds. The van der Waals surface area contributed by atoms with Crippen LogP contribution in [0.3, 0.4) is 0 Å². The SMILES string of the molecule is C=C(C)[C@@]1(C)CC[C@H]2C3CCC4=CC(=O)C=C[C@]4(C)[C@H]3CC[C@@]21C. The van der Waals surface area contributed by atoms with E-state index < -0.39 is 0 Å². The fourth-order valence-corrected chi connectivity index (χ4v) is 7.17. The Hall–Kier alpha value is -1.11. The quantitative estimate of drug-likeness (QED) is 0.551. The topological polar surface area (TPSA) is 17.1 Å². The van der Waals surface area contributed by atoms with Crippen LogP contribution in [0, 0.1) is 34.0 Å². The number of hydrogen-bond acceptors (Lipinski definition) is 1. The summed E-state index contributed by atoms with van der Waals surface area (Å²) in [6, 6.07) is 0. The summed E-state index contributed by atoms with van der Waals surface area (Å²) in [4.78, 5) is 11.8. The highest BCUT2D eigenvalue weighted by Gasteiger charge is 2.62. The molecule has 3 saturated carbocycles. The van der Waals surface area contributed by atoms with E-state index >= 15 is 0 Å². The van der Waals surface area contributed by atoms with Crippen molar-refractivity contribution in [3.63, 3.8) is 0 Å². The van der Waals surface area contributed by atoms with E-state index in [1.807, 2.05) is 12.2 Å². The Labute approximate surface area is 147 Å². The van der Waals surface area contributed by atoms with Crippen LogP contribution in [-0.2, 0) is 4.79 Å². The number of rotatable bonds is 1. The summed E-state index contributed by atoms with van der Waals surface area (Å²) in [7, 11) is 0. The predicted molar refractivity (Wildman–Crippen MR) is 99.5 cm³/mol. The molecule has 1 unspecified atom stereocenters. The zero-order chi connectivity index (χ0) is 17.3. The number of hydrogen-bond donors (Lipinski definition) is 0. The first-order valence-electron chi connectivity index (χ1n) is 9.83. The highest BCUT2D eigenvalue weighted by Crippen LogP contribution is 2.70. The molecule has 6 atom stereocenters. The van der Waals surface area contributed by atoms with Crippen molar-refractivity contribution in [2.75, 3.05) is 0 Å². The molecular formula is C23H32O. The predicted octanol–water partition coefficient (Wildman–Crippen LogP) is 5.88. The molecule has 0 aromatic carbocycles. The van der Waals surface area contributed by atoms with Crippen LogP contribution in [0.15, 0.2) is 36.0 Å². The van der Waals surface area contributed by atoms with E-state index in [1.54, 1.807) is 0 Å². The summed E-state index contributed by atoms with van der Waals surface area (Å²) >= 11 is 0. The zero-order valence-electron chi connectivity index (χ0n) is 15.8. The van der Waals surface area contributed by atoms with Gasteiger partial charge in [-0.3, -0.25) is 4.79 Å². The van der Waals surface area contributed by atoms with Crippen LogP contribution in [0.25, 0.3) is 0 Å². The minimum atomic E-state index is 0.125. The molecule has 0 radical (unpaired) electrons. The van der Waals surface area contributed by atoms with Gasteiger partial charge in [0.1, 0.15) is 0 Å². The lowest BCUT2D eigenvalue weighted by Gasteiger charge is -2.59. The van der Waals surface area contributed by atoms with E-state index in [1.165, 1.54) is 43.3 Å². The Bertz CT molecular complexity index is 668. The van der Waals surface area contributed by atoms with E-state index in [0.717, 1.165) is 18.3 Å². The third-order valence-electron chi connectivity index (χ3n) is 9.10. The fraction of sp³-hybridized carbons (Fsp3) is 0.696. The number of carbonyl (C=O) groups excluding carboxylic acids is 1. The first-order chi connectivity index (χ1) is 11.2. The summed E-state index contributed by atoms with van der Waals surface area (Å²) in [5.41, 5.74) is 3.63. The summed E-state index contributed by atoms with van der Waals surface area (Å²) in [6.07, 6.45) is 13.7. The Morgan fingerprint density at radius 1 is 1.12 bits per heavy atom. The molecule has 0 aromatic heterocycles. The average molecular weight is 325 g/mol. The molecule has 0 aromatic rings. The molecule has 1 nitrogen and oxygen atoms in total. The number of ketones is 1. The maximum Gasteiger partial charge on any atom is 0.178 e. The zero-order valence-corrected chi connectivity index (χ0v) is 15.8. The Morgan fingerprint density at radius 2 is 1.83 bits per heavy atom. The smallest absolute Gasteiger partial charge is 0.178 e. The van der Waals surface area contributed by atoms with Crippen LogP contribution in [0.1, 0.15) is 66.2 Å². The molecule has 3 fully saturated rings. The summed E-state index contributed by atoms with van der Waals surface area (Å²) in [5.74, 6) is 2.54. The molecule has 0 heterocycles. The van der Waals surface area contributed by atoms with E-state index in [-0.39, 0.29) is 11.2 Å². The second kappa shape index (κ2) is 4.96. The third-order valence-corrected chi connectivity index (χ3v) is 9.10. The monoisotopic (exact) mass is 324 g/mol. The van der Waals surface area contributed by atoms with Crippen molar-refractivity contribution in [3.8, 4) is 0 Å². The van der Waals surface area contributed by atoms with Gasteiger partial charge in [0.15, 0.2) is 5.78 Å². The van der Waals surface area contributed by atoms with Crippen LogP contribution >= 0.6 is 0 Å². The standard InChI is InChI=1S/C23H32O/c1-15(2)22(4)12-10-20-18-7-6-16-14-17(24)8-11-21(16,3)19(18)9-13-23(20,22)5/h8,11,14,18-20H,1,6-7,9-10,12-13H2,2-5H3/t18?,19-,20-,21-,22+,23-/m0/s1. The average Bonchev–Trinajstić information content (AvgIpc) is 2.81. The van der Waals surface area contributed by atoms with E-state index in [2.05, 4.69) is 40.3 Å². The van der Waals surface area contributed by atoms with E-state index in [4.69, 9.17) is 0 Å². The number of fused-ring (bicyclic) bond motifs is 5. The first-order valence-corrected chi connectivity index (χ1v) is 9.83. The number of allylic oxidation sites excluding steroid dienone is 5. The van der Waals surface area contributed by atoms with Gasteiger partial charge in [0.05, 0.1) is 0 Å². The van der Waals surface area contributed by atoms with Crippen LogP contribution in [0.2, 0.25) is 0 Å². The van der Waals surface area contributed by atoms with Crippen molar-refractivity contribution in [1.29, 1.82) is 0 Å². The molecule has 4 aliphatic rings. The normalized spacial score (nSPS) is 49.9.